The molecule has 0 radical (unpaired) electrons. The first-order chi connectivity index (χ1) is 8.63. The third-order valence-electron chi connectivity index (χ3n) is 3.27. The Bertz CT molecular complexity index is 450. The van der Waals surface area contributed by atoms with Gasteiger partial charge in [0.25, 0.3) is 0 Å². The lowest BCUT2D eigenvalue weighted by atomic mass is 10.1. The molecule has 1 aromatic carbocycles. The Balaban J connectivity index is 2.29. The topological polar surface area (TPSA) is 62.3 Å². The van der Waals surface area contributed by atoms with E-state index in [0.29, 0.717) is 16.6 Å². The largest absolute Gasteiger partial charge is 0.384 e. The highest BCUT2D eigenvalue weighted by atomic mass is 35.5. The molecular weight excluding hydrogens is 250 g/mol. The molecule has 18 heavy (non-hydrogen) atoms. The summed E-state index contributed by atoms with van der Waals surface area (Å²) in [4.78, 5) is 2.27. The Morgan fingerprint density at radius 2 is 2.39 bits per heavy atom. The molecule has 1 unspecified atom stereocenters. The van der Waals surface area contributed by atoms with E-state index in [4.69, 9.17) is 27.5 Å². The number of amidine groups is 1. The SMILES string of the molecule is CCC1COCCN1c1ccc(C(=N)N)cc1Cl. The maximum absolute atomic E-state index is 7.41. The van der Waals surface area contributed by atoms with Gasteiger partial charge in [0, 0.05) is 12.1 Å². The molecular formula is C13H18ClN3O. The number of nitrogens with one attached hydrogen (secondary N) is 1. The first kappa shape index (κ1) is 13.2. The Hall–Kier alpha value is -1.26. The molecule has 3 N–H and O–H groups in total. The monoisotopic (exact) mass is 267 g/mol. The summed E-state index contributed by atoms with van der Waals surface area (Å²) >= 11 is 6.29. The minimum atomic E-state index is 0.0393. The van der Waals surface area contributed by atoms with E-state index >= 15 is 0 Å². The Morgan fingerprint density at radius 1 is 1.61 bits per heavy atom. The number of hydrogen-bond donors (Lipinski definition) is 2. The van der Waals surface area contributed by atoms with Crippen molar-refractivity contribution < 1.29 is 4.74 Å². The van der Waals surface area contributed by atoms with Gasteiger partial charge in [-0.15, -0.1) is 0 Å². The van der Waals surface area contributed by atoms with Crippen molar-refractivity contribution in [1.29, 1.82) is 5.41 Å². The molecule has 4 nitrogen and oxygen atoms in total. The second-order valence-corrected chi connectivity index (χ2v) is 4.82. The molecule has 98 valence electrons. The Morgan fingerprint density at radius 3 is 3.00 bits per heavy atom. The van der Waals surface area contributed by atoms with Gasteiger partial charge in [0.05, 0.1) is 30.0 Å². The van der Waals surface area contributed by atoms with Crippen molar-refractivity contribution >= 4 is 23.1 Å². The van der Waals surface area contributed by atoms with E-state index in [1.807, 2.05) is 12.1 Å². The summed E-state index contributed by atoms with van der Waals surface area (Å²) in [5.74, 6) is 0.0393. The first-order valence-corrected chi connectivity index (χ1v) is 6.49. The van der Waals surface area contributed by atoms with Crippen molar-refractivity contribution in [2.75, 3.05) is 24.7 Å². The minimum Gasteiger partial charge on any atom is -0.384 e. The first-order valence-electron chi connectivity index (χ1n) is 6.11. The second kappa shape index (κ2) is 5.59. The van der Waals surface area contributed by atoms with Gasteiger partial charge in [0.2, 0.25) is 0 Å². The van der Waals surface area contributed by atoms with Gasteiger partial charge >= 0.3 is 0 Å². The number of nitrogens with zero attached hydrogens (tertiary/aromatic N) is 1. The van der Waals surface area contributed by atoms with Crippen LogP contribution in [-0.2, 0) is 4.74 Å². The lowest BCUT2D eigenvalue weighted by molar-refractivity contribution is 0.0930. The van der Waals surface area contributed by atoms with Gasteiger partial charge in [-0.05, 0) is 24.6 Å². The fraction of sp³-hybridized carbons (Fsp3) is 0.462. The number of benzene rings is 1. The van der Waals surface area contributed by atoms with Gasteiger partial charge in [-0.3, -0.25) is 5.41 Å². The van der Waals surface area contributed by atoms with Crippen molar-refractivity contribution in [3.63, 3.8) is 0 Å². The van der Waals surface area contributed by atoms with Crippen LogP contribution in [0, 0.1) is 5.41 Å². The summed E-state index contributed by atoms with van der Waals surface area (Å²) in [6.45, 7) is 4.45. The number of anilines is 1. The molecule has 5 heteroatoms. The average Bonchev–Trinajstić information content (AvgIpc) is 2.38. The van der Waals surface area contributed by atoms with Crippen molar-refractivity contribution in [2.24, 2.45) is 5.73 Å². The van der Waals surface area contributed by atoms with Crippen LogP contribution >= 0.6 is 11.6 Å². The van der Waals surface area contributed by atoms with Crippen LogP contribution in [0.15, 0.2) is 18.2 Å². The third kappa shape index (κ3) is 2.60. The van der Waals surface area contributed by atoms with E-state index in [2.05, 4.69) is 11.8 Å². The minimum absolute atomic E-state index is 0.0393. The predicted molar refractivity (Wildman–Crippen MR) is 74.7 cm³/mol. The van der Waals surface area contributed by atoms with E-state index < -0.39 is 0 Å². The van der Waals surface area contributed by atoms with Crippen LogP contribution < -0.4 is 10.6 Å². The number of nitrogen functional groups attached to an aromatic ring is 1. The number of nitrogens with two attached hydrogens (primary N) is 1. The molecule has 1 aliphatic rings. The predicted octanol–water partition coefficient (Wildman–Crippen LogP) is 2.24. The van der Waals surface area contributed by atoms with Crippen molar-refractivity contribution in [1.82, 2.24) is 0 Å². The zero-order chi connectivity index (χ0) is 13.1. The maximum atomic E-state index is 7.41. The number of rotatable bonds is 3. The summed E-state index contributed by atoms with van der Waals surface area (Å²) in [7, 11) is 0. The van der Waals surface area contributed by atoms with Crippen molar-refractivity contribution in [2.45, 2.75) is 19.4 Å². The van der Waals surface area contributed by atoms with Gasteiger partial charge in [0.1, 0.15) is 5.84 Å². The molecule has 0 aromatic heterocycles. The number of hydrogen-bond acceptors (Lipinski definition) is 3. The van der Waals surface area contributed by atoms with Crippen molar-refractivity contribution in [3.05, 3.63) is 28.8 Å². The highest BCUT2D eigenvalue weighted by Crippen LogP contribution is 2.30. The normalized spacial score (nSPS) is 19.9. The van der Waals surface area contributed by atoms with E-state index in [1.165, 1.54) is 0 Å². The smallest absolute Gasteiger partial charge is 0.122 e. The van der Waals surface area contributed by atoms with Crippen LogP contribution in [0.25, 0.3) is 0 Å². The van der Waals surface area contributed by atoms with Gasteiger partial charge < -0.3 is 15.4 Å². The number of halogens is 1. The Kier molecular flexibility index (Phi) is 4.09. The van der Waals surface area contributed by atoms with Crippen LogP contribution in [0.2, 0.25) is 5.02 Å². The lowest BCUT2D eigenvalue weighted by Crippen LogP contribution is -2.45. The molecule has 0 aliphatic carbocycles. The summed E-state index contributed by atoms with van der Waals surface area (Å²) in [5.41, 5.74) is 7.11. The molecule has 0 spiro atoms. The molecule has 1 saturated heterocycles. The molecule has 0 amide bonds. The average molecular weight is 268 g/mol. The molecule has 2 rings (SSSR count). The highest BCUT2D eigenvalue weighted by molar-refractivity contribution is 6.33. The van der Waals surface area contributed by atoms with Gasteiger partial charge in [-0.2, -0.15) is 0 Å². The molecule has 1 fully saturated rings. The van der Waals surface area contributed by atoms with Gasteiger partial charge in [-0.1, -0.05) is 18.5 Å². The third-order valence-corrected chi connectivity index (χ3v) is 3.57. The van der Waals surface area contributed by atoms with Crippen LogP contribution in [-0.4, -0.2) is 31.6 Å². The fourth-order valence-corrected chi connectivity index (χ4v) is 2.51. The van der Waals surface area contributed by atoms with Gasteiger partial charge in [0.15, 0.2) is 0 Å². The maximum Gasteiger partial charge on any atom is 0.122 e. The zero-order valence-corrected chi connectivity index (χ0v) is 11.2. The summed E-state index contributed by atoms with van der Waals surface area (Å²) in [5, 5.41) is 8.05. The summed E-state index contributed by atoms with van der Waals surface area (Å²) < 4.78 is 5.49. The van der Waals surface area contributed by atoms with E-state index in [0.717, 1.165) is 31.9 Å². The van der Waals surface area contributed by atoms with Crippen LogP contribution in [0.5, 0.6) is 0 Å². The molecule has 1 atom stereocenters. The van der Waals surface area contributed by atoms with E-state index in [-0.39, 0.29) is 5.84 Å². The number of ether oxygens (including phenoxy) is 1. The van der Waals surface area contributed by atoms with Crippen LogP contribution in [0.1, 0.15) is 18.9 Å². The van der Waals surface area contributed by atoms with Crippen LogP contribution in [0.4, 0.5) is 5.69 Å². The Labute approximate surface area is 112 Å². The zero-order valence-electron chi connectivity index (χ0n) is 10.4. The van der Waals surface area contributed by atoms with E-state index in [9.17, 15) is 0 Å². The van der Waals surface area contributed by atoms with E-state index in [1.54, 1.807) is 6.07 Å². The summed E-state index contributed by atoms with van der Waals surface area (Å²) in [6.07, 6.45) is 1.02. The van der Waals surface area contributed by atoms with Gasteiger partial charge in [-0.25, -0.2) is 0 Å². The second-order valence-electron chi connectivity index (χ2n) is 4.41. The summed E-state index contributed by atoms with van der Waals surface area (Å²) in [6, 6.07) is 5.89. The molecule has 0 bridgehead atoms. The molecule has 1 aromatic rings. The molecule has 1 aliphatic heterocycles. The molecule has 0 saturated carbocycles. The number of morpholine rings is 1. The van der Waals surface area contributed by atoms with Crippen LogP contribution in [0.3, 0.4) is 0 Å². The standard InChI is InChI=1S/C13H18ClN3O/c1-2-10-8-18-6-5-17(10)12-4-3-9(13(15)16)7-11(12)14/h3-4,7,10H,2,5-6,8H2,1H3,(H3,15,16). The lowest BCUT2D eigenvalue weighted by Gasteiger charge is -2.37. The quantitative estimate of drug-likeness (QED) is 0.652. The molecule has 1 heterocycles. The van der Waals surface area contributed by atoms with Crippen molar-refractivity contribution in [3.8, 4) is 0 Å². The highest BCUT2D eigenvalue weighted by Gasteiger charge is 2.23. The fourth-order valence-electron chi connectivity index (χ4n) is 2.22.